The lowest BCUT2D eigenvalue weighted by Crippen LogP contribution is -2.53. The van der Waals surface area contributed by atoms with Gasteiger partial charge in [-0.2, -0.15) is 0 Å². The lowest BCUT2D eigenvalue weighted by Gasteiger charge is -2.32. The normalized spacial score (nSPS) is 20.9. The van der Waals surface area contributed by atoms with Crippen LogP contribution in [0.1, 0.15) is 13.3 Å². The average Bonchev–Trinajstić information content (AvgIpc) is 2.25. The largest absolute Gasteiger partial charge is 0.358 e. The summed E-state index contributed by atoms with van der Waals surface area (Å²) >= 11 is 0. The van der Waals surface area contributed by atoms with E-state index < -0.39 is 0 Å². The molecule has 5 heteroatoms. The summed E-state index contributed by atoms with van der Waals surface area (Å²) in [6.45, 7) is 2.83. The van der Waals surface area contributed by atoms with Crippen molar-refractivity contribution in [2.24, 2.45) is 4.99 Å². The number of hydrogen-bond donors (Lipinski definition) is 2. The molecular formula is C9H18N4O. The number of aliphatic imine (C=N–C) groups is 1. The van der Waals surface area contributed by atoms with Crippen molar-refractivity contribution in [2.45, 2.75) is 19.6 Å². The lowest BCUT2D eigenvalue weighted by atomic mass is 10.4. The van der Waals surface area contributed by atoms with Gasteiger partial charge in [0.25, 0.3) is 0 Å². The molecule has 0 radical (unpaired) electrons. The van der Waals surface area contributed by atoms with Gasteiger partial charge in [0.1, 0.15) is 0 Å². The molecule has 1 rings (SSSR count). The van der Waals surface area contributed by atoms with Crippen LogP contribution in [0.5, 0.6) is 0 Å². The van der Waals surface area contributed by atoms with Crippen LogP contribution < -0.4 is 10.7 Å². The van der Waals surface area contributed by atoms with Gasteiger partial charge in [0.2, 0.25) is 5.96 Å². The summed E-state index contributed by atoms with van der Waals surface area (Å²) < 4.78 is 5.62. The quantitative estimate of drug-likeness (QED) is 0.681. The van der Waals surface area contributed by atoms with Gasteiger partial charge in [-0.25, -0.2) is 15.4 Å². The molecule has 1 heterocycles. The number of rotatable bonds is 4. The summed E-state index contributed by atoms with van der Waals surface area (Å²) in [5.74, 6) is 0.760. The summed E-state index contributed by atoms with van der Waals surface area (Å²) in [6, 6.07) is 0. The third-order valence-corrected chi connectivity index (χ3v) is 1.89. The molecule has 0 amide bonds. The molecule has 1 unspecified atom stereocenters. The summed E-state index contributed by atoms with van der Waals surface area (Å²) in [4.78, 5) is 4.17. The van der Waals surface area contributed by atoms with Gasteiger partial charge in [-0.1, -0.05) is 6.92 Å². The fourth-order valence-electron chi connectivity index (χ4n) is 1.24. The molecular weight excluding hydrogens is 180 g/mol. The zero-order valence-corrected chi connectivity index (χ0v) is 8.95. The molecule has 5 nitrogen and oxygen atoms in total. The van der Waals surface area contributed by atoms with E-state index in [-0.39, 0.29) is 6.23 Å². The molecule has 0 saturated carbocycles. The Morgan fingerprint density at radius 1 is 1.57 bits per heavy atom. The summed E-state index contributed by atoms with van der Waals surface area (Å²) in [5, 5.41) is 4.84. The molecule has 0 bridgehead atoms. The average molecular weight is 198 g/mol. The molecule has 0 spiro atoms. The van der Waals surface area contributed by atoms with E-state index in [0.29, 0.717) is 0 Å². The Morgan fingerprint density at radius 2 is 2.36 bits per heavy atom. The van der Waals surface area contributed by atoms with Crippen LogP contribution in [0, 0.1) is 0 Å². The first kappa shape index (κ1) is 11.0. The van der Waals surface area contributed by atoms with Gasteiger partial charge in [0.05, 0.1) is 0 Å². The van der Waals surface area contributed by atoms with Crippen LogP contribution in [0.15, 0.2) is 17.3 Å². The first-order valence-electron chi connectivity index (χ1n) is 4.84. The van der Waals surface area contributed by atoms with Crippen molar-refractivity contribution in [1.82, 2.24) is 15.8 Å². The third-order valence-electron chi connectivity index (χ3n) is 1.89. The summed E-state index contributed by atoms with van der Waals surface area (Å²) in [5.41, 5.74) is 3.03. The fraction of sp³-hybridized carbons (Fsp3) is 0.667. The monoisotopic (exact) mass is 198 g/mol. The van der Waals surface area contributed by atoms with Crippen LogP contribution in [0.3, 0.4) is 0 Å². The van der Waals surface area contributed by atoms with Gasteiger partial charge in [0, 0.05) is 26.9 Å². The smallest absolute Gasteiger partial charge is 0.215 e. The zero-order chi connectivity index (χ0) is 10.4. The van der Waals surface area contributed by atoms with Crippen LogP contribution in [-0.4, -0.2) is 37.9 Å². The number of nitrogens with one attached hydrogen (secondary N) is 2. The van der Waals surface area contributed by atoms with E-state index in [2.05, 4.69) is 22.7 Å². The number of ether oxygens (including phenoxy) is 1. The van der Waals surface area contributed by atoms with E-state index in [1.807, 2.05) is 25.2 Å². The van der Waals surface area contributed by atoms with Gasteiger partial charge in [0.15, 0.2) is 6.23 Å². The second-order valence-electron chi connectivity index (χ2n) is 2.90. The van der Waals surface area contributed by atoms with Gasteiger partial charge < -0.3 is 10.1 Å². The van der Waals surface area contributed by atoms with Gasteiger partial charge in [-0.3, -0.25) is 0 Å². The second kappa shape index (κ2) is 5.62. The highest BCUT2D eigenvalue weighted by Gasteiger charge is 2.20. The van der Waals surface area contributed by atoms with Crippen molar-refractivity contribution in [3.63, 3.8) is 0 Å². The maximum absolute atomic E-state index is 5.62. The highest BCUT2D eigenvalue weighted by molar-refractivity contribution is 5.80. The number of hydrogen-bond acceptors (Lipinski definition) is 5. The van der Waals surface area contributed by atoms with Crippen LogP contribution in [0.2, 0.25) is 0 Å². The topological polar surface area (TPSA) is 48.9 Å². The number of hydrazine groups is 1. The Morgan fingerprint density at radius 3 is 2.93 bits per heavy atom. The minimum Gasteiger partial charge on any atom is -0.358 e. The maximum atomic E-state index is 5.62. The SMILES string of the molecule is CCCOC1C=CN=C(NC)N1NC. The molecule has 80 valence electrons. The molecule has 14 heavy (non-hydrogen) atoms. The third kappa shape index (κ3) is 2.46. The predicted octanol–water partition coefficient (Wildman–Crippen LogP) is 0.278. The maximum Gasteiger partial charge on any atom is 0.215 e. The van der Waals surface area contributed by atoms with Crippen molar-refractivity contribution in [3.05, 3.63) is 12.3 Å². The van der Waals surface area contributed by atoms with E-state index in [4.69, 9.17) is 4.74 Å². The van der Waals surface area contributed by atoms with Crippen molar-refractivity contribution >= 4 is 5.96 Å². The van der Waals surface area contributed by atoms with Crippen LogP contribution in [0.4, 0.5) is 0 Å². The molecule has 0 saturated heterocycles. The van der Waals surface area contributed by atoms with E-state index in [1.54, 1.807) is 6.20 Å². The van der Waals surface area contributed by atoms with Crippen molar-refractivity contribution in [2.75, 3.05) is 20.7 Å². The van der Waals surface area contributed by atoms with E-state index >= 15 is 0 Å². The molecule has 0 fully saturated rings. The molecule has 2 N–H and O–H groups in total. The van der Waals surface area contributed by atoms with Gasteiger partial charge >= 0.3 is 0 Å². The molecule has 0 aromatic carbocycles. The molecule has 1 atom stereocenters. The zero-order valence-electron chi connectivity index (χ0n) is 8.95. The summed E-state index contributed by atoms with van der Waals surface area (Å²) in [7, 11) is 3.67. The van der Waals surface area contributed by atoms with Crippen LogP contribution in [-0.2, 0) is 4.74 Å². The molecule has 1 aliphatic rings. The standard InChI is InChI=1S/C9H18N4O/c1-4-7-14-8-5-6-12-9(10-2)13(8)11-3/h5-6,8,11H,4,7H2,1-3H3,(H,10,12). The molecule has 0 aliphatic carbocycles. The Kier molecular flexibility index (Phi) is 4.42. The lowest BCUT2D eigenvalue weighted by molar-refractivity contribution is -0.0137. The number of nitrogens with zero attached hydrogens (tertiary/aromatic N) is 2. The minimum absolute atomic E-state index is 0.0834. The van der Waals surface area contributed by atoms with Crippen molar-refractivity contribution in [3.8, 4) is 0 Å². The molecule has 0 aromatic rings. The first-order chi connectivity index (χ1) is 6.83. The van der Waals surface area contributed by atoms with Crippen LogP contribution >= 0.6 is 0 Å². The Labute approximate surface area is 84.8 Å². The predicted molar refractivity (Wildman–Crippen MR) is 56.6 cm³/mol. The second-order valence-corrected chi connectivity index (χ2v) is 2.90. The van der Waals surface area contributed by atoms with Gasteiger partial charge in [-0.05, 0) is 12.5 Å². The van der Waals surface area contributed by atoms with Crippen molar-refractivity contribution < 1.29 is 4.74 Å². The van der Waals surface area contributed by atoms with E-state index in [0.717, 1.165) is 19.0 Å². The van der Waals surface area contributed by atoms with Gasteiger partial charge in [-0.15, -0.1) is 0 Å². The minimum atomic E-state index is -0.0834. The Bertz CT molecular complexity index is 227. The highest BCUT2D eigenvalue weighted by atomic mass is 16.5. The highest BCUT2D eigenvalue weighted by Crippen LogP contribution is 2.06. The fourth-order valence-corrected chi connectivity index (χ4v) is 1.24. The first-order valence-corrected chi connectivity index (χ1v) is 4.84. The van der Waals surface area contributed by atoms with Crippen molar-refractivity contribution in [1.29, 1.82) is 0 Å². The number of guanidine groups is 1. The Balaban J connectivity index is 2.59. The molecule has 0 aromatic heterocycles. The Hall–Kier alpha value is -1.07. The van der Waals surface area contributed by atoms with E-state index in [1.165, 1.54) is 0 Å². The van der Waals surface area contributed by atoms with E-state index in [9.17, 15) is 0 Å². The summed E-state index contributed by atoms with van der Waals surface area (Å²) in [6.07, 6.45) is 4.58. The van der Waals surface area contributed by atoms with Crippen LogP contribution in [0.25, 0.3) is 0 Å². The molecule has 1 aliphatic heterocycles.